The number of carbonyl (C=O) groups is 1. The van der Waals surface area contributed by atoms with Gasteiger partial charge >= 0.3 is 0 Å². The van der Waals surface area contributed by atoms with Crippen LogP contribution in [0.5, 0.6) is 0 Å². The second kappa shape index (κ2) is 3.93. The predicted octanol–water partition coefficient (Wildman–Crippen LogP) is -0.788. The first-order valence-electron chi connectivity index (χ1n) is 2.67. The highest BCUT2D eigenvalue weighted by Crippen LogP contribution is 1.90. The molecule has 0 radical (unpaired) electrons. The second-order valence-electron chi connectivity index (χ2n) is 1.75. The van der Waals surface area contributed by atoms with Crippen LogP contribution >= 0.6 is 0 Å². The van der Waals surface area contributed by atoms with Crippen molar-refractivity contribution >= 4 is 5.91 Å². The molecule has 1 atom stereocenters. The molecule has 0 heterocycles. The Balaban J connectivity index is 3.41. The van der Waals surface area contributed by atoms with Crippen molar-refractivity contribution in [3.8, 4) is 12.3 Å². The molecule has 0 aliphatic heterocycles. The number of amides is 1. The summed E-state index contributed by atoms with van der Waals surface area (Å²) in [5.41, 5.74) is 10.1. The molecule has 0 aromatic heterocycles. The minimum absolute atomic E-state index is 0.478. The van der Waals surface area contributed by atoms with Crippen LogP contribution in [-0.2, 0) is 4.79 Å². The van der Waals surface area contributed by atoms with E-state index in [-0.39, 0.29) is 0 Å². The first-order valence-corrected chi connectivity index (χ1v) is 2.67. The van der Waals surface area contributed by atoms with E-state index in [1.807, 2.05) is 0 Å². The van der Waals surface area contributed by atoms with Crippen molar-refractivity contribution in [1.82, 2.24) is 0 Å². The van der Waals surface area contributed by atoms with Crippen molar-refractivity contribution in [1.29, 1.82) is 0 Å². The lowest BCUT2D eigenvalue weighted by Gasteiger charge is -2.01. The van der Waals surface area contributed by atoms with Crippen molar-refractivity contribution in [2.45, 2.75) is 18.9 Å². The fraction of sp³-hybridized carbons (Fsp3) is 0.500. The molecule has 0 aliphatic rings. The largest absolute Gasteiger partial charge is 0.368 e. The summed E-state index contributed by atoms with van der Waals surface area (Å²) in [6.45, 7) is 0. The van der Waals surface area contributed by atoms with Crippen molar-refractivity contribution in [3.05, 3.63) is 0 Å². The maximum atomic E-state index is 10.2. The lowest BCUT2D eigenvalue weighted by atomic mass is 10.2. The maximum absolute atomic E-state index is 10.2. The molecule has 0 saturated heterocycles. The first-order chi connectivity index (χ1) is 4.18. The number of nitrogens with two attached hydrogens (primary N) is 2. The predicted molar refractivity (Wildman–Crippen MR) is 35.2 cm³/mol. The molecule has 0 aliphatic carbocycles. The van der Waals surface area contributed by atoms with Crippen molar-refractivity contribution in [2.24, 2.45) is 11.5 Å². The molecular weight excluding hydrogens is 116 g/mol. The summed E-state index contributed by atoms with van der Waals surface area (Å²) in [6.07, 6.45) is 5.90. The summed E-state index contributed by atoms with van der Waals surface area (Å²) in [6, 6.07) is -0.582. The summed E-state index contributed by atoms with van der Waals surface area (Å²) in [4.78, 5) is 10.2. The Labute approximate surface area is 54.4 Å². The molecule has 3 heteroatoms. The van der Waals surface area contributed by atoms with E-state index in [2.05, 4.69) is 5.92 Å². The summed E-state index contributed by atoms with van der Waals surface area (Å²) in [7, 11) is 0. The molecular formula is C6H10N2O. The Hall–Kier alpha value is -1.01. The molecule has 0 saturated carbocycles. The Morgan fingerprint density at radius 3 is 2.67 bits per heavy atom. The molecule has 0 aromatic rings. The average molecular weight is 126 g/mol. The van der Waals surface area contributed by atoms with Crippen LogP contribution in [0.3, 0.4) is 0 Å². The van der Waals surface area contributed by atoms with Gasteiger partial charge in [0.25, 0.3) is 0 Å². The average Bonchev–Trinajstić information content (AvgIpc) is 1.82. The first kappa shape index (κ1) is 7.99. The molecule has 0 bridgehead atoms. The van der Waals surface area contributed by atoms with E-state index in [9.17, 15) is 4.79 Å². The van der Waals surface area contributed by atoms with Crippen LogP contribution in [0.15, 0.2) is 0 Å². The highest BCUT2D eigenvalue weighted by molar-refractivity contribution is 5.79. The van der Waals surface area contributed by atoms with Gasteiger partial charge in [-0.1, -0.05) is 0 Å². The Morgan fingerprint density at radius 1 is 1.78 bits per heavy atom. The molecule has 0 fully saturated rings. The third-order valence-corrected chi connectivity index (χ3v) is 0.965. The quantitative estimate of drug-likeness (QED) is 0.487. The van der Waals surface area contributed by atoms with Gasteiger partial charge in [0.05, 0.1) is 6.04 Å². The molecule has 0 aromatic carbocycles. The number of rotatable bonds is 3. The van der Waals surface area contributed by atoms with Crippen LogP contribution in [0.1, 0.15) is 12.8 Å². The standard InChI is InChI=1S/C6H10N2O/c1-2-3-4-5(7)6(8)9/h1,5H,3-4,7H2,(H2,8,9)/t5-/m1/s1. The molecule has 9 heavy (non-hydrogen) atoms. The highest BCUT2D eigenvalue weighted by Gasteiger charge is 2.05. The Bertz CT molecular complexity index is 136. The van der Waals surface area contributed by atoms with Gasteiger partial charge in [0, 0.05) is 6.42 Å². The highest BCUT2D eigenvalue weighted by atomic mass is 16.1. The van der Waals surface area contributed by atoms with Crippen LogP contribution in [-0.4, -0.2) is 11.9 Å². The van der Waals surface area contributed by atoms with Gasteiger partial charge in [-0.15, -0.1) is 12.3 Å². The third kappa shape index (κ3) is 3.56. The van der Waals surface area contributed by atoms with Crippen LogP contribution in [0, 0.1) is 12.3 Å². The summed E-state index contributed by atoms with van der Waals surface area (Å²) < 4.78 is 0. The number of primary amides is 1. The smallest absolute Gasteiger partial charge is 0.234 e. The van der Waals surface area contributed by atoms with Gasteiger partial charge in [-0.25, -0.2) is 0 Å². The minimum atomic E-state index is -0.582. The molecule has 0 unspecified atom stereocenters. The van der Waals surface area contributed by atoms with Crippen LogP contribution in [0.4, 0.5) is 0 Å². The van der Waals surface area contributed by atoms with Crippen LogP contribution < -0.4 is 11.5 Å². The van der Waals surface area contributed by atoms with Crippen molar-refractivity contribution < 1.29 is 4.79 Å². The van der Waals surface area contributed by atoms with Gasteiger partial charge in [0.15, 0.2) is 0 Å². The van der Waals surface area contributed by atoms with Gasteiger partial charge in [0.2, 0.25) is 5.91 Å². The summed E-state index contributed by atoms with van der Waals surface area (Å²) in [5, 5.41) is 0. The van der Waals surface area contributed by atoms with Crippen LogP contribution in [0.25, 0.3) is 0 Å². The summed E-state index contributed by atoms with van der Waals surface area (Å²) >= 11 is 0. The number of carbonyl (C=O) groups excluding carboxylic acids is 1. The maximum Gasteiger partial charge on any atom is 0.234 e. The lowest BCUT2D eigenvalue weighted by Crippen LogP contribution is -2.36. The fourth-order valence-corrected chi connectivity index (χ4v) is 0.381. The van der Waals surface area contributed by atoms with Crippen LogP contribution in [0.2, 0.25) is 0 Å². The van der Waals surface area contributed by atoms with Crippen molar-refractivity contribution in [2.75, 3.05) is 0 Å². The van der Waals surface area contributed by atoms with Gasteiger partial charge in [-0.05, 0) is 6.42 Å². The van der Waals surface area contributed by atoms with Gasteiger partial charge in [-0.3, -0.25) is 4.79 Å². The number of terminal acetylenes is 1. The van der Waals surface area contributed by atoms with E-state index in [4.69, 9.17) is 17.9 Å². The Morgan fingerprint density at radius 2 is 2.33 bits per heavy atom. The number of hydrogen-bond acceptors (Lipinski definition) is 2. The van der Waals surface area contributed by atoms with E-state index < -0.39 is 11.9 Å². The van der Waals surface area contributed by atoms with E-state index >= 15 is 0 Å². The van der Waals surface area contributed by atoms with E-state index in [0.717, 1.165) is 0 Å². The minimum Gasteiger partial charge on any atom is -0.368 e. The zero-order valence-corrected chi connectivity index (χ0v) is 5.13. The molecule has 1 amide bonds. The molecule has 50 valence electrons. The van der Waals surface area contributed by atoms with Gasteiger partial charge in [0.1, 0.15) is 0 Å². The molecule has 3 nitrogen and oxygen atoms in total. The van der Waals surface area contributed by atoms with Gasteiger partial charge in [-0.2, -0.15) is 0 Å². The fourth-order valence-electron chi connectivity index (χ4n) is 0.381. The Kier molecular flexibility index (Phi) is 3.49. The van der Waals surface area contributed by atoms with E-state index in [0.29, 0.717) is 12.8 Å². The normalized spacial score (nSPS) is 12.0. The zero-order chi connectivity index (χ0) is 7.28. The SMILES string of the molecule is C#CCC[C@@H](N)C(N)=O. The summed E-state index contributed by atoms with van der Waals surface area (Å²) in [5.74, 6) is 1.87. The molecule has 4 N–H and O–H groups in total. The van der Waals surface area contributed by atoms with Gasteiger partial charge < -0.3 is 11.5 Å². The van der Waals surface area contributed by atoms with E-state index in [1.165, 1.54) is 0 Å². The lowest BCUT2D eigenvalue weighted by molar-refractivity contribution is -0.119. The van der Waals surface area contributed by atoms with Crippen molar-refractivity contribution in [3.63, 3.8) is 0 Å². The third-order valence-electron chi connectivity index (χ3n) is 0.965. The molecule has 0 rings (SSSR count). The van der Waals surface area contributed by atoms with E-state index in [1.54, 1.807) is 0 Å². The zero-order valence-electron chi connectivity index (χ0n) is 5.13. The monoisotopic (exact) mass is 126 g/mol. The topological polar surface area (TPSA) is 69.1 Å². The second-order valence-corrected chi connectivity index (χ2v) is 1.75. The molecule has 0 spiro atoms. The number of hydrogen-bond donors (Lipinski definition) is 2.